The Labute approximate surface area is 600 Å². The van der Waals surface area contributed by atoms with Crippen molar-refractivity contribution in [3.05, 3.63) is 0 Å². The molecule has 98 heavy (non-hydrogen) atoms. The molecule has 0 amide bonds. The van der Waals surface area contributed by atoms with Crippen LogP contribution in [0.4, 0.5) is 0 Å². The predicted octanol–water partition coefficient (Wildman–Crippen LogP) is 23.5. The zero-order chi connectivity index (χ0) is 72.1. The van der Waals surface area contributed by atoms with Gasteiger partial charge in [0.25, 0.3) is 0 Å². The van der Waals surface area contributed by atoms with Gasteiger partial charge in [0.1, 0.15) is 19.3 Å². The molecule has 0 spiro atoms. The second-order valence-electron chi connectivity index (χ2n) is 29.4. The van der Waals surface area contributed by atoms with Crippen molar-refractivity contribution < 1.29 is 80.2 Å². The highest BCUT2D eigenvalue weighted by Crippen LogP contribution is 2.45. The van der Waals surface area contributed by atoms with Crippen LogP contribution in [-0.4, -0.2) is 96.7 Å². The van der Waals surface area contributed by atoms with E-state index in [2.05, 4.69) is 41.5 Å². The zero-order valence-electron chi connectivity index (χ0n) is 64.1. The van der Waals surface area contributed by atoms with E-state index < -0.39 is 97.5 Å². The highest BCUT2D eigenvalue weighted by molar-refractivity contribution is 7.47. The van der Waals surface area contributed by atoms with Gasteiger partial charge in [-0.15, -0.1) is 0 Å². The number of rotatable bonds is 78. The molecule has 0 aliphatic carbocycles. The SMILES string of the molecule is CCCCCCCCCCCCCCCCCCCCCCCC(=O)O[C@H](COC(=O)CCCCCCCCCCCCCCCCC(C)C)COP(=O)(O)OC[C@@H](O)COP(=O)(O)OC[C@@H](COC(=O)CCCCCCCCCCC)OC(=O)CCCCCCCCCCC(C)C. The van der Waals surface area contributed by atoms with Crippen LogP contribution in [0, 0.1) is 11.8 Å². The number of carbonyl (C=O) groups excluding carboxylic acids is 4. The highest BCUT2D eigenvalue weighted by atomic mass is 31.2. The van der Waals surface area contributed by atoms with E-state index in [0.29, 0.717) is 25.7 Å². The van der Waals surface area contributed by atoms with E-state index in [-0.39, 0.29) is 25.7 Å². The molecule has 17 nitrogen and oxygen atoms in total. The van der Waals surface area contributed by atoms with Crippen LogP contribution in [0.3, 0.4) is 0 Å². The number of carbonyl (C=O) groups is 4. The van der Waals surface area contributed by atoms with Crippen LogP contribution < -0.4 is 0 Å². The van der Waals surface area contributed by atoms with Crippen molar-refractivity contribution in [3.8, 4) is 0 Å². The van der Waals surface area contributed by atoms with Crippen LogP contribution in [0.25, 0.3) is 0 Å². The minimum atomic E-state index is -4.96. The van der Waals surface area contributed by atoms with Gasteiger partial charge in [-0.1, -0.05) is 363 Å². The fraction of sp³-hybridized carbons (Fsp3) is 0.949. The van der Waals surface area contributed by atoms with Crippen molar-refractivity contribution >= 4 is 39.5 Å². The van der Waals surface area contributed by atoms with Crippen LogP contribution in [0.1, 0.15) is 414 Å². The molecular formula is C79H154O17P2. The summed E-state index contributed by atoms with van der Waals surface area (Å²) < 4.78 is 68.6. The lowest BCUT2D eigenvalue weighted by Gasteiger charge is -2.21. The van der Waals surface area contributed by atoms with Gasteiger partial charge in [-0.2, -0.15) is 0 Å². The Morgan fingerprint density at radius 1 is 0.276 bits per heavy atom. The molecule has 0 aliphatic heterocycles. The number of hydrogen-bond donors (Lipinski definition) is 3. The largest absolute Gasteiger partial charge is 0.472 e. The number of hydrogen-bond acceptors (Lipinski definition) is 15. The third-order valence-corrected chi connectivity index (χ3v) is 20.4. The lowest BCUT2D eigenvalue weighted by Crippen LogP contribution is -2.30. The number of esters is 4. The van der Waals surface area contributed by atoms with Crippen LogP contribution in [0.15, 0.2) is 0 Å². The summed E-state index contributed by atoms with van der Waals surface area (Å²) in [7, 11) is -9.91. The molecule has 0 radical (unpaired) electrons. The Morgan fingerprint density at radius 3 is 0.694 bits per heavy atom. The van der Waals surface area contributed by atoms with E-state index >= 15 is 0 Å². The summed E-state index contributed by atoms with van der Waals surface area (Å²) in [6.07, 6.45) is 59.9. The maximum absolute atomic E-state index is 13.1. The lowest BCUT2D eigenvalue weighted by atomic mass is 10.0. The van der Waals surface area contributed by atoms with Crippen LogP contribution in [0.2, 0.25) is 0 Å². The molecule has 3 N–H and O–H groups in total. The Morgan fingerprint density at radius 2 is 0.469 bits per heavy atom. The summed E-state index contributed by atoms with van der Waals surface area (Å²) in [6, 6.07) is 0. The molecule has 0 rings (SSSR count). The second-order valence-corrected chi connectivity index (χ2v) is 32.3. The number of ether oxygens (including phenoxy) is 4. The monoisotopic (exact) mass is 1440 g/mol. The smallest absolute Gasteiger partial charge is 0.462 e. The maximum Gasteiger partial charge on any atom is 0.472 e. The van der Waals surface area contributed by atoms with E-state index in [1.165, 1.54) is 231 Å². The molecule has 0 aromatic heterocycles. The van der Waals surface area contributed by atoms with Gasteiger partial charge >= 0.3 is 39.5 Å². The van der Waals surface area contributed by atoms with Crippen LogP contribution in [0.5, 0.6) is 0 Å². The summed E-state index contributed by atoms with van der Waals surface area (Å²) in [6.45, 7) is 9.58. The maximum atomic E-state index is 13.1. The topological polar surface area (TPSA) is 237 Å². The molecule has 0 aromatic carbocycles. The molecule has 0 aliphatic rings. The van der Waals surface area contributed by atoms with Crippen LogP contribution >= 0.6 is 15.6 Å². The highest BCUT2D eigenvalue weighted by Gasteiger charge is 2.30. The Bertz CT molecular complexity index is 1890. The van der Waals surface area contributed by atoms with Gasteiger partial charge in [0, 0.05) is 25.7 Å². The summed E-state index contributed by atoms with van der Waals surface area (Å²) in [4.78, 5) is 72.8. The van der Waals surface area contributed by atoms with E-state index in [4.69, 9.17) is 37.0 Å². The normalized spacial score (nSPS) is 13.9. The predicted molar refractivity (Wildman–Crippen MR) is 400 cm³/mol. The zero-order valence-corrected chi connectivity index (χ0v) is 65.9. The summed E-state index contributed by atoms with van der Waals surface area (Å²) in [5.41, 5.74) is 0. The third kappa shape index (κ3) is 72.4. The molecular weight excluding hydrogens is 1280 g/mol. The van der Waals surface area contributed by atoms with Crippen molar-refractivity contribution in [2.75, 3.05) is 39.6 Å². The van der Waals surface area contributed by atoms with E-state index in [9.17, 15) is 43.2 Å². The third-order valence-electron chi connectivity index (χ3n) is 18.5. The number of aliphatic hydroxyl groups excluding tert-OH is 1. The standard InChI is InChI=1S/C79H154O17P2/c1-7-9-11-13-15-17-18-19-20-21-22-23-24-25-26-31-34-38-45-51-57-63-78(83)95-74(68-90-77(82)62-56-50-44-37-33-30-28-27-29-32-36-41-47-53-59-71(3)4)69-93-97(85,86)91-65-73(80)66-92-98(87,88)94-70-75(67-89-76(81)61-55-49-43-35-16-14-12-10-8-2)96-79(84)64-58-52-46-40-39-42-48-54-60-72(5)6/h71-75,80H,7-70H2,1-6H3,(H,85,86)(H,87,88)/t73-,74-,75-/m1/s1. The Hall–Kier alpha value is -1.94. The fourth-order valence-electron chi connectivity index (χ4n) is 12.2. The van der Waals surface area contributed by atoms with Crippen molar-refractivity contribution in [1.29, 1.82) is 0 Å². The summed E-state index contributed by atoms with van der Waals surface area (Å²) in [5.74, 6) is -0.598. The van der Waals surface area contributed by atoms with Crippen LogP contribution in [-0.2, 0) is 65.4 Å². The molecule has 0 heterocycles. The van der Waals surface area contributed by atoms with Crippen molar-refractivity contribution in [1.82, 2.24) is 0 Å². The van der Waals surface area contributed by atoms with Crippen molar-refractivity contribution in [3.63, 3.8) is 0 Å². The quantitative estimate of drug-likeness (QED) is 0.0222. The van der Waals surface area contributed by atoms with Gasteiger partial charge in [0.15, 0.2) is 12.2 Å². The van der Waals surface area contributed by atoms with Gasteiger partial charge < -0.3 is 33.8 Å². The molecule has 0 fully saturated rings. The van der Waals surface area contributed by atoms with Gasteiger partial charge in [0.2, 0.25) is 0 Å². The first kappa shape index (κ1) is 96.1. The molecule has 5 atom stereocenters. The minimum Gasteiger partial charge on any atom is -0.462 e. The summed E-state index contributed by atoms with van der Waals surface area (Å²) >= 11 is 0. The minimum absolute atomic E-state index is 0.105. The lowest BCUT2D eigenvalue weighted by molar-refractivity contribution is -0.161. The number of phosphoric ester groups is 2. The molecule has 2 unspecified atom stereocenters. The Balaban J connectivity index is 5.19. The van der Waals surface area contributed by atoms with E-state index in [0.717, 1.165) is 102 Å². The van der Waals surface area contributed by atoms with E-state index in [1.54, 1.807) is 0 Å². The molecule has 0 aromatic rings. The van der Waals surface area contributed by atoms with Gasteiger partial charge in [-0.3, -0.25) is 37.3 Å². The number of aliphatic hydroxyl groups is 1. The van der Waals surface area contributed by atoms with Crippen molar-refractivity contribution in [2.24, 2.45) is 11.8 Å². The first-order valence-corrected chi connectivity index (χ1v) is 44.0. The van der Waals surface area contributed by atoms with Gasteiger partial charge in [-0.25, -0.2) is 9.13 Å². The number of phosphoric acid groups is 2. The average Bonchev–Trinajstić information content (AvgIpc) is 1.07. The molecule has 0 saturated carbocycles. The molecule has 0 saturated heterocycles. The number of unbranched alkanes of at least 4 members (excludes halogenated alkanes) is 48. The first-order valence-electron chi connectivity index (χ1n) is 41.0. The van der Waals surface area contributed by atoms with Crippen molar-refractivity contribution in [2.45, 2.75) is 432 Å². The van der Waals surface area contributed by atoms with E-state index in [1.807, 2.05) is 0 Å². The second kappa shape index (κ2) is 70.7. The fourth-order valence-corrected chi connectivity index (χ4v) is 13.8. The molecule has 582 valence electrons. The molecule has 0 bridgehead atoms. The first-order chi connectivity index (χ1) is 47.4. The Kier molecular flexibility index (Phi) is 69.3. The van der Waals surface area contributed by atoms with Gasteiger partial charge in [-0.05, 0) is 37.5 Å². The molecule has 19 heteroatoms. The summed E-state index contributed by atoms with van der Waals surface area (Å²) in [5, 5.41) is 10.6. The average molecular weight is 1440 g/mol. The van der Waals surface area contributed by atoms with Gasteiger partial charge in [0.05, 0.1) is 26.4 Å².